The van der Waals surface area contributed by atoms with Crippen molar-refractivity contribution in [3.8, 4) is 0 Å². The van der Waals surface area contributed by atoms with Crippen LogP contribution in [0, 0.1) is 0 Å². The highest BCUT2D eigenvalue weighted by Crippen LogP contribution is 2.18. The van der Waals surface area contributed by atoms with Crippen LogP contribution in [0.5, 0.6) is 0 Å². The van der Waals surface area contributed by atoms with Crippen LogP contribution in [0.3, 0.4) is 0 Å². The molecule has 0 spiro atoms. The largest absolute Gasteiger partial charge is 0.309 e. The van der Waals surface area contributed by atoms with Crippen LogP contribution in [-0.4, -0.2) is 21.9 Å². The van der Waals surface area contributed by atoms with Crippen molar-refractivity contribution in [2.45, 2.75) is 19.0 Å². The van der Waals surface area contributed by atoms with Gasteiger partial charge in [-0.05, 0) is 29.1 Å². The van der Waals surface area contributed by atoms with Crippen molar-refractivity contribution in [1.82, 2.24) is 15.3 Å². The third kappa shape index (κ3) is 3.32. The van der Waals surface area contributed by atoms with Gasteiger partial charge in [0.15, 0.2) is 0 Å². The number of hydrogen-bond donors (Lipinski definition) is 2. The molecule has 2 aromatic rings. The fraction of sp³-hybridized carbons (Fsp3) is 0.214. The number of nitrogens with one attached hydrogen (secondary N) is 2. The Hall–Kier alpha value is -1.69. The molecule has 5 nitrogen and oxygen atoms in total. The maximum atomic E-state index is 12.3. The molecule has 1 aliphatic heterocycles. The lowest BCUT2D eigenvalue weighted by molar-refractivity contribution is -0.118. The van der Waals surface area contributed by atoms with Gasteiger partial charge in [-0.1, -0.05) is 35.9 Å². The first kappa shape index (κ1) is 14.3. The second-order valence-corrected chi connectivity index (χ2v) is 5.47. The summed E-state index contributed by atoms with van der Waals surface area (Å²) in [5, 5.41) is 6.09. The van der Waals surface area contributed by atoms with Crippen LogP contribution in [0.4, 0.5) is 5.82 Å². The second kappa shape index (κ2) is 5.97. The van der Waals surface area contributed by atoms with Crippen LogP contribution in [0.2, 0.25) is 10.4 Å². The third-order valence-corrected chi connectivity index (χ3v) is 3.68. The standard InChI is InChI=1S/C14H12Cl2N4O/c15-11-6-12(20-14(16)18-11)19-13(21)10-5-8-3-1-2-4-9(8)7-17-10/h1-4,6,10,17H,5,7H2,(H,18,19,20,21). The predicted octanol–water partition coefficient (Wildman–Crippen LogP) is 2.44. The molecule has 0 radical (unpaired) electrons. The highest BCUT2D eigenvalue weighted by Gasteiger charge is 2.24. The molecule has 0 bridgehead atoms. The lowest BCUT2D eigenvalue weighted by atomic mass is 9.95. The molecule has 0 aliphatic carbocycles. The van der Waals surface area contributed by atoms with E-state index in [-0.39, 0.29) is 22.4 Å². The monoisotopic (exact) mass is 322 g/mol. The average molecular weight is 323 g/mol. The second-order valence-electron chi connectivity index (χ2n) is 4.74. The van der Waals surface area contributed by atoms with Gasteiger partial charge in [-0.25, -0.2) is 9.97 Å². The molecular weight excluding hydrogens is 311 g/mol. The number of benzene rings is 1. The molecule has 7 heteroatoms. The Labute approximate surface area is 131 Å². The van der Waals surface area contributed by atoms with Gasteiger partial charge in [0.05, 0.1) is 6.04 Å². The van der Waals surface area contributed by atoms with Gasteiger partial charge >= 0.3 is 0 Å². The van der Waals surface area contributed by atoms with Gasteiger partial charge in [-0.15, -0.1) is 0 Å². The maximum absolute atomic E-state index is 12.3. The number of anilines is 1. The van der Waals surface area contributed by atoms with E-state index in [0.717, 1.165) is 0 Å². The van der Waals surface area contributed by atoms with Crippen LogP contribution in [0.15, 0.2) is 30.3 Å². The summed E-state index contributed by atoms with van der Waals surface area (Å²) in [6.07, 6.45) is 0.633. The van der Waals surface area contributed by atoms with E-state index in [9.17, 15) is 4.79 Å². The van der Waals surface area contributed by atoms with Crippen LogP contribution < -0.4 is 10.6 Å². The summed E-state index contributed by atoms with van der Waals surface area (Å²) in [5.41, 5.74) is 2.39. The van der Waals surface area contributed by atoms with Gasteiger partial charge in [0.2, 0.25) is 11.2 Å². The number of fused-ring (bicyclic) bond motifs is 1. The van der Waals surface area contributed by atoms with Crippen LogP contribution >= 0.6 is 23.2 Å². The van der Waals surface area contributed by atoms with Crippen LogP contribution in [0.1, 0.15) is 11.1 Å². The quantitative estimate of drug-likeness (QED) is 0.658. The normalized spacial score (nSPS) is 17.1. The molecule has 2 N–H and O–H groups in total. The van der Waals surface area contributed by atoms with Gasteiger partial charge in [0.25, 0.3) is 0 Å². The Morgan fingerprint density at radius 1 is 1.24 bits per heavy atom. The Balaban J connectivity index is 1.72. The number of amides is 1. The van der Waals surface area contributed by atoms with Crippen molar-refractivity contribution in [2.24, 2.45) is 0 Å². The topological polar surface area (TPSA) is 66.9 Å². The van der Waals surface area contributed by atoms with Crippen LogP contribution in [0.25, 0.3) is 0 Å². The number of aromatic nitrogens is 2. The third-order valence-electron chi connectivity index (χ3n) is 3.32. The minimum absolute atomic E-state index is 0.000232. The van der Waals surface area contributed by atoms with E-state index >= 15 is 0 Å². The molecule has 0 saturated heterocycles. The number of rotatable bonds is 2. The number of carbonyl (C=O) groups is 1. The zero-order chi connectivity index (χ0) is 14.8. The van der Waals surface area contributed by atoms with Crippen molar-refractivity contribution in [3.05, 3.63) is 51.9 Å². The van der Waals surface area contributed by atoms with Gasteiger partial charge in [-0.2, -0.15) is 0 Å². The Bertz CT molecular complexity index is 672. The molecule has 0 fully saturated rings. The summed E-state index contributed by atoms with van der Waals surface area (Å²) in [7, 11) is 0. The summed E-state index contributed by atoms with van der Waals surface area (Å²) >= 11 is 11.5. The fourth-order valence-corrected chi connectivity index (χ4v) is 2.72. The minimum Gasteiger partial charge on any atom is -0.309 e. The first-order chi connectivity index (χ1) is 10.1. The number of halogens is 2. The van der Waals surface area contributed by atoms with E-state index in [1.165, 1.54) is 17.2 Å². The van der Waals surface area contributed by atoms with E-state index < -0.39 is 0 Å². The zero-order valence-corrected chi connectivity index (χ0v) is 12.4. The Morgan fingerprint density at radius 3 is 2.76 bits per heavy atom. The zero-order valence-electron chi connectivity index (χ0n) is 10.9. The van der Waals surface area contributed by atoms with Crippen molar-refractivity contribution < 1.29 is 4.79 Å². The first-order valence-corrected chi connectivity index (χ1v) is 7.18. The van der Waals surface area contributed by atoms with Crippen molar-refractivity contribution in [1.29, 1.82) is 0 Å². The summed E-state index contributed by atoms with van der Waals surface area (Å²) in [4.78, 5) is 19.9. The van der Waals surface area contributed by atoms with Crippen molar-refractivity contribution >= 4 is 34.9 Å². The van der Waals surface area contributed by atoms with E-state index in [1.54, 1.807) is 0 Å². The average Bonchev–Trinajstić information content (AvgIpc) is 2.45. The molecule has 1 amide bonds. The minimum atomic E-state index is -0.313. The van der Waals surface area contributed by atoms with Gasteiger partial charge in [-0.3, -0.25) is 4.79 Å². The summed E-state index contributed by atoms with van der Waals surface area (Å²) in [6, 6.07) is 9.21. The number of nitrogens with zero attached hydrogens (tertiary/aromatic N) is 2. The highest BCUT2D eigenvalue weighted by molar-refractivity contribution is 6.32. The van der Waals surface area contributed by atoms with Crippen molar-refractivity contribution in [3.63, 3.8) is 0 Å². The molecule has 1 unspecified atom stereocenters. The van der Waals surface area contributed by atoms with Gasteiger partial charge in [0.1, 0.15) is 11.0 Å². The fourth-order valence-electron chi connectivity index (χ4n) is 2.31. The summed E-state index contributed by atoms with van der Waals surface area (Å²) < 4.78 is 0. The lowest BCUT2D eigenvalue weighted by Gasteiger charge is -2.25. The molecular formula is C14H12Cl2N4O. The molecule has 0 saturated carbocycles. The molecule has 1 aliphatic rings. The summed E-state index contributed by atoms with van der Waals surface area (Å²) in [6.45, 7) is 0.666. The predicted molar refractivity (Wildman–Crippen MR) is 81.5 cm³/mol. The van der Waals surface area contributed by atoms with Crippen LogP contribution in [-0.2, 0) is 17.8 Å². The first-order valence-electron chi connectivity index (χ1n) is 6.43. The molecule has 3 rings (SSSR count). The SMILES string of the molecule is O=C(Nc1cc(Cl)nc(Cl)n1)C1Cc2ccccc2CN1. The van der Waals surface area contributed by atoms with Gasteiger partial charge in [0, 0.05) is 12.6 Å². The smallest absolute Gasteiger partial charge is 0.243 e. The van der Waals surface area contributed by atoms with E-state index in [4.69, 9.17) is 23.2 Å². The molecule has 1 atom stereocenters. The lowest BCUT2D eigenvalue weighted by Crippen LogP contribution is -2.44. The number of carbonyl (C=O) groups excluding carboxylic acids is 1. The summed E-state index contributed by atoms with van der Waals surface area (Å²) in [5.74, 6) is 0.126. The molecule has 2 heterocycles. The Kier molecular flexibility index (Phi) is 4.05. The number of hydrogen-bond acceptors (Lipinski definition) is 4. The van der Waals surface area contributed by atoms with E-state index in [2.05, 4.69) is 26.7 Å². The molecule has 1 aromatic heterocycles. The maximum Gasteiger partial charge on any atom is 0.243 e. The van der Waals surface area contributed by atoms with Gasteiger partial charge < -0.3 is 10.6 Å². The molecule has 1 aromatic carbocycles. The molecule has 108 valence electrons. The highest BCUT2D eigenvalue weighted by atomic mass is 35.5. The van der Waals surface area contributed by atoms with E-state index in [1.807, 2.05) is 18.2 Å². The molecule has 21 heavy (non-hydrogen) atoms. The van der Waals surface area contributed by atoms with Crippen molar-refractivity contribution in [2.75, 3.05) is 5.32 Å². The van der Waals surface area contributed by atoms with E-state index in [0.29, 0.717) is 18.8 Å². The Morgan fingerprint density at radius 2 is 2.00 bits per heavy atom.